The Morgan fingerprint density at radius 2 is 2.06 bits per heavy atom. The van der Waals surface area contributed by atoms with Gasteiger partial charge in [0, 0.05) is 18.3 Å². The maximum Gasteiger partial charge on any atom is 0.310 e. The van der Waals surface area contributed by atoms with Crippen LogP contribution in [0, 0.1) is 10.1 Å². The fourth-order valence-electron chi connectivity index (χ4n) is 3.28. The maximum absolute atomic E-state index is 11.1. The minimum atomic E-state index is -0.382. The lowest BCUT2D eigenvalue weighted by atomic mass is 9.99. The summed E-state index contributed by atoms with van der Waals surface area (Å²) < 4.78 is 0. The quantitative estimate of drug-likeness (QED) is 0.634. The van der Waals surface area contributed by atoms with Crippen LogP contribution >= 0.6 is 0 Å². The van der Waals surface area contributed by atoms with Crippen molar-refractivity contribution in [2.75, 3.05) is 4.90 Å². The van der Waals surface area contributed by atoms with Crippen molar-refractivity contribution in [2.24, 2.45) is 0 Å². The monoisotopic (exact) mass is 249 g/mol. The van der Waals surface area contributed by atoms with Gasteiger partial charge in [-0.05, 0) is 31.7 Å². The number of nitrogens with zero attached hydrogens (tertiary/aromatic N) is 3. The molecule has 0 radical (unpaired) electrons. The average molecular weight is 249 g/mol. The number of fused-ring (bicyclic) bond motifs is 2. The number of aliphatic hydroxyl groups excluding tert-OH is 1. The predicted octanol–water partition coefficient (Wildman–Crippen LogP) is 1.48. The van der Waals surface area contributed by atoms with E-state index in [-0.39, 0.29) is 28.8 Å². The first-order valence-corrected chi connectivity index (χ1v) is 6.21. The molecule has 0 saturated carbocycles. The lowest BCUT2D eigenvalue weighted by molar-refractivity contribution is -0.384. The van der Waals surface area contributed by atoms with Gasteiger partial charge < -0.3 is 10.0 Å². The summed E-state index contributed by atoms with van der Waals surface area (Å²) in [7, 11) is 0. The fourth-order valence-corrected chi connectivity index (χ4v) is 3.28. The van der Waals surface area contributed by atoms with Gasteiger partial charge in [0.15, 0.2) is 0 Å². The fraction of sp³-hybridized carbons (Fsp3) is 0.583. The van der Waals surface area contributed by atoms with E-state index in [1.54, 1.807) is 12.3 Å². The first-order chi connectivity index (χ1) is 8.66. The highest BCUT2D eigenvalue weighted by molar-refractivity contribution is 5.64. The molecule has 0 aliphatic carbocycles. The zero-order chi connectivity index (χ0) is 12.7. The van der Waals surface area contributed by atoms with Gasteiger partial charge in [-0.15, -0.1) is 0 Å². The van der Waals surface area contributed by atoms with E-state index in [2.05, 4.69) is 9.88 Å². The Morgan fingerprint density at radius 3 is 2.67 bits per heavy atom. The van der Waals surface area contributed by atoms with Crippen LogP contribution in [0.25, 0.3) is 0 Å². The van der Waals surface area contributed by atoms with Gasteiger partial charge in [0.2, 0.25) is 0 Å². The van der Waals surface area contributed by atoms with Gasteiger partial charge in [-0.25, -0.2) is 0 Å². The Balaban J connectivity index is 1.99. The second-order valence-corrected chi connectivity index (χ2v) is 5.04. The van der Waals surface area contributed by atoms with Crippen LogP contribution in [0.2, 0.25) is 0 Å². The lowest BCUT2D eigenvalue weighted by Crippen LogP contribution is -2.45. The number of piperidine rings is 1. The highest BCUT2D eigenvalue weighted by Gasteiger charge is 2.42. The molecular weight excluding hydrogens is 234 g/mol. The molecule has 1 N–H and O–H groups in total. The van der Waals surface area contributed by atoms with Crippen molar-refractivity contribution in [3.63, 3.8) is 0 Å². The van der Waals surface area contributed by atoms with Crippen LogP contribution in [0.1, 0.15) is 25.7 Å². The number of aliphatic hydroxyl groups is 1. The van der Waals surface area contributed by atoms with Gasteiger partial charge in [0.05, 0.1) is 11.0 Å². The summed E-state index contributed by atoms with van der Waals surface area (Å²) in [6.45, 7) is 0. The van der Waals surface area contributed by atoms with Crippen molar-refractivity contribution < 1.29 is 10.0 Å². The molecule has 0 spiro atoms. The second kappa shape index (κ2) is 4.20. The highest BCUT2D eigenvalue weighted by Crippen LogP contribution is 2.42. The third-order valence-electron chi connectivity index (χ3n) is 3.96. The van der Waals surface area contributed by atoms with Crippen molar-refractivity contribution in [1.29, 1.82) is 0 Å². The Kier molecular flexibility index (Phi) is 2.66. The molecule has 1 aromatic rings. The van der Waals surface area contributed by atoms with Crippen molar-refractivity contribution >= 4 is 11.4 Å². The standard InChI is InChI=1S/C12H15N3O3/c16-10-5-8-1-2-9(6-10)14(8)11-3-4-13-7-12(11)15(17)18/h3-4,7-10,16H,1-2,5-6H2. The molecule has 2 bridgehead atoms. The molecule has 2 aliphatic heterocycles. The van der Waals surface area contributed by atoms with Crippen LogP contribution in [0.15, 0.2) is 18.5 Å². The minimum Gasteiger partial charge on any atom is -0.393 e. The summed E-state index contributed by atoms with van der Waals surface area (Å²) in [6, 6.07) is 2.15. The number of rotatable bonds is 2. The van der Waals surface area contributed by atoms with Crippen LogP contribution in [-0.4, -0.2) is 33.2 Å². The summed E-state index contributed by atoms with van der Waals surface area (Å²) in [5.74, 6) is 0. The zero-order valence-corrected chi connectivity index (χ0v) is 9.90. The number of hydrogen-bond donors (Lipinski definition) is 1. The van der Waals surface area contributed by atoms with E-state index >= 15 is 0 Å². The largest absolute Gasteiger partial charge is 0.393 e. The summed E-state index contributed by atoms with van der Waals surface area (Å²) in [5, 5.41) is 20.8. The maximum atomic E-state index is 11.1. The van der Waals surface area contributed by atoms with E-state index in [9.17, 15) is 15.2 Å². The molecule has 18 heavy (non-hydrogen) atoms. The third kappa shape index (κ3) is 1.73. The van der Waals surface area contributed by atoms with Gasteiger partial charge in [0.1, 0.15) is 11.9 Å². The molecule has 0 aromatic carbocycles. The van der Waals surface area contributed by atoms with Crippen LogP contribution < -0.4 is 4.90 Å². The zero-order valence-electron chi connectivity index (χ0n) is 9.90. The molecule has 1 aromatic heterocycles. The number of aromatic nitrogens is 1. The van der Waals surface area contributed by atoms with E-state index in [0.717, 1.165) is 12.8 Å². The second-order valence-electron chi connectivity index (χ2n) is 5.04. The Morgan fingerprint density at radius 1 is 1.39 bits per heavy atom. The van der Waals surface area contributed by atoms with E-state index in [0.29, 0.717) is 18.5 Å². The van der Waals surface area contributed by atoms with Gasteiger partial charge in [-0.2, -0.15) is 0 Å². The van der Waals surface area contributed by atoms with E-state index < -0.39 is 0 Å². The van der Waals surface area contributed by atoms with Gasteiger partial charge in [-0.1, -0.05) is 0 Å². The van der Waals surface area contributed by atoms with E-state index in [1.807, 2.05) is 0 Å². The smallest absolute Gasteiger partial charge is 0.310 e. The first-order valence-electron chi connectivity index (χ1n) is 6.21. The molecular formula is C12H15N3O3. The number of nitro groups is 1. The molecule has 96 valence electrons. The summed E-state index contributed by atoms with van der Waals surface area (Å²) in [5.41, 5.74) is 0.709. The molecule has 3 heterocycles. The molecule has 2 fully saturated rings. The number of pyridine rings is 1. The lowest BCUT2D eigenvalue weighted by Gasteiger charge is -2.38. The highest BCUT2D eigenvalue weighted by atomic mass is 16.6. The molecule has 0 amide bonds. The molecule has 2 atom stereocenters. The van der Waals surface area contributed by atoms with Crippen molar-refractivity contribution in [1.82, 2.24) is 4.98 Å². The molecule has 2 unspecified atom stereocenters. The van der Waals surface area contributed by atoms with Crippen LogP contribution in [0.5, 0.6) is 0 Å². The Bertz CT molecular complexity index is 465. The van der Waals surface area contributed by atoms with Gasteiger partial charge in [-0.3, -0.25) is 15.1 Å². The normalized spacial score (nSPS) is 30.5. The van der Waals surface area contributed by atoms with Crippen molar-refractivity contribution in [3.05, 3.63) is 28.6 Å². The predicted molar refractivity (Wildman–Crippen MR) is 65.4 cm³/mol. The molecule has 2 saturated heterocycles. The number of hydrogen-bond acceptors (Lipinski definition) is 5. The summed E-state index contributed by atoms with van der Waals surface area (Å²) in [6.07, 6.45) is 6.04. The van der Waals surface area contributed by atoms with E-state index in [1.165, 1.54) is 6.20 Å². The molecule has 6 heteroatoms. The van der Waals surface area contributed by atoms with Gasteiger partial charge in [0.25, 0.3) is 0 Å². The van der Waals surface area contributed by atoms with Crippen LogP contribution in [0.3, 0.4) is 0 Å². The van der Waals surface area contributed by atoms with Gasteiger partial charge >= 0.3 is 5.69 Å². The Labute approximate surface area is 104 Å². The summed E-state index contributed by atoms with van der Waals surface area (Å²) >= 11 is 0. The van der Waals surface area contributed by atoms with Crippen molar-refractivity contribution in [3.8, 4) is 0 Å². The van der Waals surface area contributed by atoms with Crippen LogP contribution in [0.4, 0.5) is 11.4 Å². The molecule has 6 nitrogen and oxygen atoms in total. The molecule has 2 aliphatic rings. The molecule has 3 rings (SSSR count). The summed E-state index contributed by atoms with van der Waals surface area (Å²) in [4.78, 5) is 16.6. The van der Waals surface area contributed by atoms with E-state index in [4.69, 9.17) is 0 Å². The van der Waals surface area contributed by atoms with Crippen LogP contribution in [-0.2, 0) is 0 Å². The first kappa shape index (κ1) is 11.4. The van der Waals surface area contributed by atoms with Crippen molar-refractivity contribution in [2.45, 2.75) is 43.9 Å². The minimum absolute atomic E-state index is 0.0609. The SMILES string of the molecule is O=[N+]([O-])c1cnccc1N1C2CCC1CC(O)C2. The number of anilines is 1. The topological polar surface area (TPSA) is 79.5 Å². The Hall–Kier alpha value is -1.69. The third-order valence-corrected chi connectivity index (χ3v) is 3.96. The average Bonchev–Trinajstić information content (AvgIpc) is 2.61.